The van der Waals surface area contributed by atoms with Crippen molar-refractivity contribution in [3.8, 4) is 0 Å². The van der Waals surface area contributed by atoms with Gasteiger partial charge in [0.25, 0.3) is 0 Å². The average molecular weight is 279 g/mol. The van der Waals surface area contributed by atoms with Crippen LogP contribution in [0.25, 0.3) is 0 Å². The minimum Gasteiger partial charge on any atom is -0.375 e. The van der Waals surface area contributed by atoms with Crippen molar-refractivity contribution in [2.45, 2.75) is 82.8 Å². The average Bonchev–Trinajstić information content (AvgIpc) is 2.26. The molecule has 2 unspecified atom stereocenters. The van der Waals surface area contributed by atoms with Gasteiger partial charge in [-0.15, -0.1) is 0 Å². The Labute approximate surface area is 113 Å². The van der Waals surface area contributed by atoms with Gasteiger partial charge in [0.15, 0.2) is 0 Å². The second-order valence-electron chi connectivity index (χ2n) is 6.18. The molecule has 1 aliphatic heterocycles. The lowest BCUT2D eigenvalue weighted by Crippen LogP contribution is -2.47. The molecule has 2 rings (SSSR count). The summed E-state index contributed by atoms with van der Waals surface area (Å²) in [6, 6.07) is 0.646. The number of hydrogen-bond acceptors (Lipinski definition) is 2. The van der Waals surface area contributed by atoms with Crippen LogP contribution in [-0.2, 0) is 4.74 Å². The van der Waals surface area contributed by atoms with Crippen LogP contribution >= 0.6 is 0 Å². The number of rotatable bonds is 2. The van der Waals surface area contributed by atoms with E-state index in [1.807, 2.05) is 0 Å². The van der Waals surface area contributed by atoms with E-state index in [1.165, 1.54) is 0 Å². The van der Waals surface area contributed by atoms with Crippen molar-refractivity contribution in [1.29, 1.82) is 0 Å². The zero-order valence-corrected chi connectivity index (χ0v) is 11.7. The molecule has 0 radical (unpaired) electrons. The molecule has 1 saturated carbocycles. The maximum absolute atomic E-state index is 12.6. The van der Waals surface area contributed by atoms with Gasteiger partial charge in [-0.3, -0.25) is 0 Å². The van der Waals surface area contributed by atoms with E-state index in [9.17, 15) is 13.2 Å². The van der Waals surface area contributed by atoms with Crippen LogP contribution in [0.3, 0.4) is 0 Å². The SMILES string of the molecule is CC1CC(NC2CCC(C(F)(F)F)CC2)CC(C)O1. The van der Waals surface area contributed by atoms with Gasteiger partial charge in [-0.25, -0.2) is 0 Å². The van der Waals surface area contributed by atoms with Crippen LogP contribution in [0.2, 0.25) is 0 Å². The van der Waals surface area contributed by atoms with Gasteiger partial charge in [-0.05, 0) is 52.4 Å². The highest BCUT2D eigenvalue weighted by atomic mass is 19.4. The van der Waals surface area contributed by atoms with Gasteiger partial charge in [0, 0.05) is 12.1 Å². The molecule has 1 saturated heterocycles. The molecular weight excluding hydrogens is 255 g/mol. The zero-order valence-electron chi connectivity index (χ0n) is 11.7. The molecule has 2 aliphatic rings. The molecule has 2 fully saturated rings. The highest BCUT2D eigenvalue weighted by Gasteiger charge is 2.41. The summed E-state index contributed by atoms with van der Waals surface area (Å²) in [7, 11) is 0. The summed E-state index contributed by atoms with van der Waals surface area (Å²) in [5, 5.41) is 3.54. The van der Waals surface area contributed by atoms with Gasteiger partial charge in [-0.1, -0.05) is 0 Å². The maximum atomic E-state index is 12.6. The van der Waals surface area contributed by atoms with Crippen LogP contribution < -0.4 is 5.32 Å². The molecule has 0 spiro atoms. The molecule has 2 nitrogen and oxygen atoms in total. The molecule has 0 aromatic rings. The molecule has 1 heterocycles. The zero-order chi connectivity index (χ0) is 14.0. The van der Waals surface area contributed by atoms with Crippen LogP contribution in [0.5, 0.6) is 0 Å². The van der Waals surface area contributed by atoms with Crippen molar-refractivity contribution in [2.24, 2.45) is 5.92 Å². The fourth-order valence-electron chi connectivity index (χ4n) is 3.46. The second-order valence-corrected chi connectivity index (χ2v) is 6.18. The van der Waals surface area contributed by atoms with Crippen LogP contribution in [0.4, 0.5) is 13.2 Å². The van der Waals surface area contributed by atoms with Crippen LogP contribution in [0.1, 0.15) is 52.4 Å². The predicted octanol–water partition coefficient (Wildman–Crippen LogP) is 3.65. The molecule has 0 bridgehead atoms. The van der Waals surface area contributed by atoms with Crippen LogP contribution in [0.15, 0.2) is 0 Å². The van der Waals surface area contributed by atoms with Crippen molar-refractivity contribution in [1.82, 2.24) is 5.32 Å². The smallest absolute Gasteiger partial charge is 0.375 e. The lowest BCUT2D eigenvalue weighted by atomic mass is 9.84. The maximum Gasteiger partial charge on any atom is 0.391 e. The topological polar surface area (TPSA) is 21.3 Å². The third kappa shape index (κ3) is 4.35. The summed E-state index contributed by atoms with van der Waals surface area (Å²) in [4.78, 5) is 0. The first kappa shape index (κ1) is 15.1. The number of halogens is 3. The van der Waals surface area contributed by atoms with Gasteiger partial charge in [-0.2, -0.15) is 13.2 Å². The van der Waals surface area contributed by atoms with Gasteiger partial charge >= 0.3 is 6.18 Å². The first-order valence-electron chi connectivity index (χ1n) is 7.33. The minimum absolute atomic E-state index is 0.243. The van der Waals surface area contributed by atoms with E-state index < -0.39 is 12.1 Å². The van der Waals surface area contributed by atoms with E-state index in [-0.39, 0.29) is 31.1 Å². The Kier molecular flexibility index (Phi) is 4.77. The third-order valence-electron chi connectivity index (χ3n) is 4.36. The Hall–Kier alpha value is -0.290. The summed E-state index contributed by atoms with van der Waals surface area (Å²) in [5.74, 6) is -1.09. The highest BCUT2D eigenvalue weighted by Crippen LogP contribution is 2.37. The van der Waals surface area contributed by atoms with E-state index in [1.54, 1.807) is 0 Å². The van der Waals surface area contributed by atoms with Crippen molar-refractivity contribution in [3.63, 3.8) is 0 Å². The summed E-state index contributed by atoms with van der Waals surface area (Å²) in [6.07, 6.45) is 0.236. The molecule has 2 atom stereocenters. The quantitative estimate of drug-likeness (QED) is 0.833. The normalized spacial score (nSPS) is 41.2. The van der Waals surface area contributed by atoms with Crippen molar-refractivity contribution in [3.05, 3.63) is 0 Å². The Morgan fingerprint density at radius 3 is 1.89 bits per heavy atom. The van der Waals surface area contributed by atoms with E-state index in [0.29, 0.717) is 18.9 Å². The summed E-state index contributed by atoms with van der Waals surface area (Å²) >= 11 is 0. The van der Waals surface area contributed by atoms with Crippen molar-refractivity contribution in [2.75, 3.05) is 0 Å². The largest absolute Gasteiger partial charge is 0.391 e. The summed E-state index contributed by atoms with van der Waals surface area (Å²) in [6.45, 7) is 4.12. The van der Waals surface area contributed by atoms with Gasteiger partial charge < -0.3 is 10.1 Å². The van der Waals surface area contributed by atoms with Gasteiger partial charge in [0.2, 0.25) is 0 Å². The van der Waals surface area contributed by atoms with Gasteiger partial charge in [0.05, 0.1) is 18.1 Å². The number of hydrogen-bond donors (Lipinski definition) is 1. The molecule has 0 amide bonds. The number of alkyl halides is 3. The first-order chi connectivity index (χ1) is 8.84. The third-order valence-corrected chi connectivity index (χ3v) is 4.36. The molecule has 112 valence electrons. The van der Waals surface area contributed by atoms with Crippen molar-refractivity contribution < 1.29 is 17.9 Å². The first-order valence-corrected chi connectivity index (χ1v) is 7.33. The Bertz CT molecular complexity index is 277. The molecular formula is C14H24F3NO. The van der Waals surface area contributed by atoms with Crippen LogP contribution in [-0.4, -0.2) is 30.5 Å². The molecule has 0 aromatic carbocycles. The Balaban J connectivity index is 1.76. The number of nitrogens with one attached hydrogen (secondary N) is 1. The lowest BCUT2D eigenvalue weighted by molar-refractivity contribution is -0.183. The van der Waals surface area contributed by atoms with E-state index in [2.05, 4.69) is 19.2 Å². The van der Waals surface area contributed by atoms with E-state index >= 15 is 0 Å². The second kappa shape index (κ2) is 6.00. The molecule has 1 N–H and O–H groups in total. The molecule has 19 heavy (non-hydrogen) atoms. The summed E-state index contributed by atoms with van der Waals surface area (Å²) in [5.41, 5.74) is 0. The van der Waals surface area contributed by atoms with E-state index in [0.717, 1.165) is 12.8 Å². The molecule has 0 aromatic heterocycles. The molecule has 5 heteroatoms. The number of ether oxygens (including phenoxy) is 1. The predicted molar refractivity (Wildman–Crippen MR) is 68.0 cm³/mol. The summed E-state index contributed by atoms with van der Waals surface area (Å²) < 4.78 is 43.5. The Morgan fingerprint density at radius 2 is 1.42 bits per heavy atom. The fraction of sp³-hybridized carbons (Fsp3) is 1.00. The van der Waals surface area contributed by atoms with Crippen molar-refractivity contribution >= 4 is 0 Å². The monoisotopic (exact) mass is 279 g/mol. The Morgan fingerprint density at radius 1 is 0.895 bits per heavy atom. The highest BCUT2D eigenvalue weighted by molar-refractivity contribution is 4.86. The minimum atomic E-state index is -4.01. The molecule has 1 aliphatic carbocycles. The standard InChI is InChI=1S/C14H24F3NO/c1-9-7-13(8-10(2)19-9)18-12-5-3-11(4-6-12)14(15,16)17/h9-13,18H,3-8H2,1-2H3. The van der Waals surface area contributed by atoms with E-state index in [4.69, 9.17) is 4.74 Å². The van der Waals surface area contributed by atoms with Gasteiger partial charge in [0.1, 0.15) is 0 Å². The lowest BCUT2D eigenvalue weighted by Gasteiger charge is -2.37. The fourth-order valence-corrected chi connectivity index (χ4v) is 3.46. The van der Waals surface area contributed by atoms with Crippen LogP contribution in [0, 0.1) is 5.92 Å².